The average Bonchev–Trinajstić information content (AvgIpc) is 2.49. The van der Waals surface area contributed by atoms with E-state index in [0.29, 0.717) is 17.9 Å². The third-order valence-electron chi connectivity index (χ3n) is 3.12. The highest BCUT2D eigenvalue weighted by atomic mass is 19.3. The molecule has 0 bridgehead atoms. The van der Waals surface area contributed by atoms with Crippen LogP contribution in [0.3, 0.4) is 0 Å². The summed E-state index contributed by atoms with van der Waals surface area (Å²) >= 11 is 0. The summed E-state index contributed by atoms with van der Waals surface area (Å²) in [6, 6.07) is 1.64. The van der Waals surface area contributed by atoms with Crippen LogP contribution in [0.15, 0.2) is 6.07 Å². The second-order valence-corrected chi connectivity index (χ2v) is 4.62. The summed E-state index contributed by atoms with van der Waals surface area (Å²) in [5.74, 6) is -3.43. The highest BCUT2D eigenvalue weighted by Crippen LogP contribution is 2.25. The zero-order valence-corrected chi connectivity index (χ0v) is 14.0. The van der Waals surface area contributed by atoms with Gasteiger partial charge in [0.2, 0.25) is 5.92 Å². The number of aryl methyl sites for hydroxylation is 1. The number of carbonyl (C=O) groups excluding carboxylic acids is 1. The van der Waals surface area contributed by atoms with Crippen LogP contribution in [0, 0.1) is 6.92 Å². The van der Waals surface area contributed by atoms with E-state index >= 15 is 0 Å². The first-order chi connectivity index (χ1) is 10.3. The molecule has 126 valence electrons. The maximum atomic E-state index is 13.4. The Morgan fingerprint density at radius 3 is 2.36 bits per heavy atom. The minimum atomic E-state index is -2.71. The van der Waals surface area contributed by atoms with Crippen molar-refractivity contribution in [2.24, 2.45) is 5.73 Å². The Morgan fingerprint density at radius 2 is 1.91 bits per heavy atom. The monoisotopic (exact) mass is 316 g/mol. The molecule has 0 radical (unpaired) electrons. The van der Waals surface area contributed by atoms with E-state index in [2.05, 4.69) is 10.2 Å². The summed E-state index contributed by atoms with van der Waals surface area (Å²) in [5, 5.41) is 7.53. The molecule has 0 saturated heterocycles. The molecule has 0 unspecified atom stereocenters. The number of primary amides is 1. The second-order valence-electron chi connectivity index (χ2n) is 4.62. The van der Waals surface area contributed by atoms with E-state index in [4.69, 9.17) is 5.73 Å². The molecule has 1 amide bonds. The quantitative estimate of drug-likeness (QED) is 0.838. The maximum Gasteiger partial charge on any atom is 0.271 e. The van der Waals surface area contributed by atoms with Crippen molar-refractivity contribution in [1.82, 2.24) is 10.2 Å². The summed E-state index contributed by atoms with van der Waals surface area (Å²) in [7, 11) is 0. The molecule has 0 atom stereocenters. The van der Waals surface area contributed by atoms with Crippen LogP contribution < -0.4 is 10.6 Å². The number of hydrogen-bond acceptors (Lipinski definition) is 4. The van der Waals surface area contributed by atoms with E-state index in [9.17, 15) is 13.6 Å². The number of alkyl halides is 2. The van der Waals surface area contributed by atoms with Gasteiger partial charge < -0.3 is 10.6 Å². The lowest BCUT2D eigenvalue weighted by molar-refractivity contribution is -0.00918. The summed E-state index contributed by atoms with van der Waals surface area (Å²) in [6.07, 6.45) is -0.488. The number of nitrogens with two attached hydrogens (primary N) is 1. The molecule has 0 aliphatic heterocycles. The lowest BCUT2D eigenvalue weighted by Gasteiger charge is -2.26. The summed E-state index contributed by atoms with van der Waals surface area (Å²) in [5.41, 5.74) is 6.32. The first-order valence-corrected chi connectivity index (χ1v) is 7.57. The van der Waals surface area contributed by atoms with Gasteiger partial charge in [0.05, 0.1) is 11.4 Å². The van der Waals surface area contributed by atoms with Gasteiger partial charge in [-0.25, -0.2) is 8.78 Å². The lowest BCUT2D eigenvalue weighted by atomic mass is 10.1. The third kappa shape index (κ3) is 5.91. The predicted octanol–water partition coefficient (Wildman–Crippen LogP) is 3.17. The number of rotatable bonds is 7. The summed E-state index contributed by atoms with van der Waals surface area (Å²) in [4.78, 5) is 13.0. The van der Waals surface area contributed by atoms with Gasteiger partial charge in [-0.1, -0.05) is 20.8 Å². The molecule has 1 aromatic heterocycles. The molecule has 0 fully saturated rings. The fourth-order valence-corrected chi connectivity index (χ4v) is 1.82. The molecule has 1 rings (SSSR count). The molecular formula is C15H26F2N4O. The third-order valence-corrected chi connectivity index (χ3v) is 3.12. The van der Waals surface area contributed by atoms with Crippen LogP contribution in [0.1, 0.15) is 56.7 Å². The molecule has 0 aliphatic rings. The van der Waals surface area contributed by atoms with Crippen molar-refractivity contribution in [2.75, 3.05) is 18.0 Å². The minimum Gasteiger partial charge on any atom is -0.370 e. The average molecular weight is 316 g/mol. The SMILES string of the molecule is CC.CCN(CCC(F)(F)CC)c1cc(C)nnc1C(N)=O. The van der Waals surface area contributed by atoms with Crippen molar-refractivity contribution in [3.05, 3.63) is 17.5 Å². The molecule has 1 aromatic rings. The molecule has 0 aromatic carbocycles. The van der Waals surface area contributed by atoms with E-state index in [-0.39, 0.29) is 25.1 Å². The van der Waals surface area contributed by atoms with Crippen LogP contribution in [-0.2, 0) is 0 Å². The van der Waals surface area contributed by atoms with Gasteiger partial charge in [0.1, 0.15) is 0 Å². The molecule has 0 aliphatic carbocycles. The number of carbonyl (C=O) groups is 1. The highest BCUT2D eigenvalue weighted by molar-refractivity contribution is 5.96. The maximum absolute atomic E-state index is 13.4. The van der Waals surface area contributed by atoms with Gasteiger partial charge in [-0.2, -0.15) is 5.10 Å². The van der Waals surface area contributed by atoms with Crippen LogP contribution in [0.2, 0.25) is 0 Å². The smallest absolute Gasteiger partial charge is 0.271 e. The Kier molecular flexibility index (Phi) is 8.52. The molecule has 0 spiro atoms. The first kappa shape index (κ1) is 20.2. The molecule has 22 heavy (non-hydrogen) atoms. The second kappa shape index (κ2) is 9.27. The van der Waals surface area contributed by atoms with E-state index in [0.717, 1.165) is 0 Å². The number of amides is 1. The zero-order valence-electron chi connectivity index (χ0n) is 14.0. The van der Waals surface area contributed by atoms with Crippen molar-refractivity contribution in [2.45, 2.75) is 53.4 Å². The van der Waals surface area contributed by atoms with Gasteiger partial charge in [0, 0.05) is 25.9 Å². The Balaban J connectivity index is 0.00000211. The topological polar surface area (TPSA) is 72.1 Å². The molecule has 0 saturated carbocycles. The summed E-state index contributed by atoms with van der Waals surface area (Å²) < 4.78 is 26.7. The van der Waals surface area contributed by atoms with E-state index in [1.807, 2.05) is 20.8 Å². The molecule has 5 nitrogen and oxygen atoms in total. The number of anilines is 1. The van der Waals surface area contributed by atoms with Crippen molar-refractivity contribution >= 4 is 11.6 Å². The first-order valence-electron chi connectivity index (χ1n) is 7.57. The van der Waals surface area contributed by atoms with Crippen molar-refractivity contribution in [3.8, 4) is 0 Å². The fraction of sp³-hybridized carbons (Fsp3) is 0.667. The lowest BCUT2D eigenvalue weighted by Crippen LogP contribution is -2.32. The normalized spacial score (nSPS) is 10.7. The number of aromatic nitrogens is 2. The number of hydrogen-bond donors (Lipinski definition) is 1. The van der Waals surface area contributed by atoms with Gasteiger partial charge in [-0.05, 0) is 19.9 Å². The minimum absolute atomic E-state index is 0.0114. The van der Waals surface area contributed by atoms with Gasteiger partial charge in [0.25, 0.3) is 5.91 Å². The van der Waals surface area contributed by atoms with Crippen molar-refractivity contribution in [3.63, 3.8) is 0 Å². The van der Waals surface area contributed by atoms with Crippen LogP contribution in [-0.4, -0.2) is 35.1 Å². The van der Waals surface area contributed by atoms with Crippen LogP contribution in [0.4, 0.5) is 14.5 Å². The Morgan fingerprint density at radius 1 is 1.32 bits per heavy atom. The van der Waals surface area contributed by atoms with Crippen LogP contribution in [0.5, 0.6) is 0 Å². The van der Waals surface area contributed by atoms with E-state index in [1.165, 1.54) is 6.92 Å². The predicted molar refractivity (Wildman–Crippen MR) is 84.4 cm³/mol. The van der Waals surface area contributed by atoms with Gasteiger partial charge >= 0.3 is 0 Å². The molecule has 1 heterocycles. The van der Waals surface area contributed by atoms with Gasteiger partial charge in [-0.3, -0.25) is 4.79 Å². The van der Waals surface area contributed by atoms with Gasteiger partial charge in [0.15, 0.2) is 5.69 Å². The summed E-state index contributed by atoms with van der Waals surface area (Å²) in [6.45, 7) is 9.59. The van der Waals surface area contributed by atoms with E-state index in [1.54, 1.807) is 17.9 Å². The molecular weight excluding hydrogens is 290 g/mol. The Hall–Kier alpha value is -1.79. The fourth-order valence-electron chi connectivity index (χ4n) is 1.82. The highest BCUT2D eigenvalue weighted by Gasteiger charge is 2.27. The van der Waals surface area contributed by atoms with Crippen molar-refractivity contribution < 1.29 is 13.6 Å². The van der Waals surface area contributed by atoms with Crippen LogP contribution in [0.25, 0.3) is 0 Å². The van der Waals surface area contributed by atoms with Crippen molar-refractivity contribution in [1.29, 1.82) is 0 Å². The van der Waals surface area contributed by atoms with Gasteiger partial charge in [-0.15, -0.1) is 5.10 Å². The number of halogens is 2. The van der Waals surface area contributed by atoms with E-state index < -0.39 is 11.8 Å². The van der Waals surface area contributed by atoms with Crippen LogP contribution >= 0.6 is 0 Å². The standard InChI is InChI=1S/C13H20F2N4O.C2H6/c1-4-13(14,15)6-7-19(5-2)10-8-9(3)17-18-11(10)12(16)20;1-2/h8H,4-7H2,1-3H3,(H2,16,20);1-2H3. The molecule has 2 N–H and O–H groups in total. The Labute approximate surface area is 130 Å². The zero-order chi connectivity index (χ0) is 17.3. The Bertz CT molecular complexity index is 481. The largest absolute Gasteiger partial charge is 0.370 e. The number of nitrogens with zero attached hydrogens (tertiary/aromatic N) is 3. The molecule has 7 heteroatoms.